The zero-order valence-electron chi connectivity index (χ0n) is 10.3. The number of aliphatic hydroxyl groups is 1. The predicted octanol–water partition coefficient (Wildman–Crippen LogP) is 1.87. The van der Waals surface area contributed by atoms with Gasteiger partial charge in [0.25, 0.3) is 0 Å². The Labute approximate surface area is 109 Å². The lowest BCUT2D eigenvalue weighted by Gasteiger charge is -2.34. The van der Waals surface area contributed by atoms with Crippen LogP contribution >= 0.6 is 0 Å². The monoisotopic (exact) mass is 271 g/mol. The van der Waals surface area contributed by atoms with Crippen molar-refractivity contribution < 1.29 is 23.8 Å². The molecular weight excluding hydrogens is 256 g/mol. The summed E-state index contributed by atoms with van der Waals surface area (Å²) in [6.45, 7) is 0.848. The van der Waals surface area contributed by atoms with Crippen molar-refractivity contribution >= 4 is 11.7 Å². The molecule has 104 valence electrons. The zero-order valence-corrected chi connectivity index (χ0v) is 10.3. The Morgan fingerprint density at radius 3 is 2.53 bits per heavy atom. The molecule has 1 aromatic carbocycles. The van der Waals surface area contributed by atoms with Crippen molar-refractivity contribution in [3.05, 3.63) is 29.3 Å². The number of hydrogen-bond acceptors (Lipinski definition) is 3. The number of hydrogen-bond donors (Lipinski definition) is 2. The van der Waals surface area contributed by atoms with Gasteiger partial charge in [-0.1, -0.05) is 0 Å². The van der Waals surface area contributed by atoms with E-state index in [1.54, 1.807) is 0 Å². The summed E-state index contributed by atoms with van der Waals surface area (Å²) in [6.07, 6.45) is 1.56. The highest BCUT2D eigenvalue weighted by molar-refractivity contribution is 5.88. The van der Waals surface area contributed by atoms with Crippen LogP contribution in [-0.4, -0.2) is 35.9 Å². The standard InChI is InChI=1S/C13H15F2NO3/c14-10-4-9(13(18)19)5-11(15)12(10)16-3-1-2-8(6-16)7-17/h4-5,8,17H,1-3,6-7H2,(H,18,19). The minimum atomic E-state index is -1.36. The highest BCUT2D eigenvalue weighted by atomic mass is 19.1. The number of halogens is 2. The maximum atomic E-state index is 13.9. The molecule has 1 atom stereocenters. The first-order valence-electron chi connectivity index (χ1n) is 6.11. The van der Waals surface area contributed by atoms with E-state index < -0.39 is 23.2 Å². The lowest BCUT2D eigenvalue weighted by atomic mass is 9.98. The van der Waals surface area contributed by atoms with E-state index in [0.29, 0.717) is 13.1 Å². The summed E-state index contributed by atoms with van der Waals surface area (Å²) in [5.74, 6) is -3.13. The number of aliphatic hydroxyl groups excluding tert-OH is 1. The average Bonchev–Trinajstić information content (AvgIpc) is 2.38. The molecular formula is C13H15F2NO3. The Morgan fingerprint density at radius 2 is 2.00 bits per heavy atom. The van der Waals surface area contributed by atoms with Crippen LogP contribution in [0.25, 0.3) is 0 Å². The van der Waals surface area contributed by atoms with E-state index >= 15 is 0 Å². The third-order valence-electron chi connectivity index (χ3n) is 3.36. The lowest BCUT2D eigenvalue weighted by molar-refractivity contribution is 0.0695. The van der Waals surface area contributed by atoms with Crippen LogP contribution in [-0.2, 0) is 0 Å². The highest BCUT2D eigenvalue weighted by Crippen LogP contribution is 2.29. The minimum Gasteiger partial charge on any atom is -0.478 e. The van der Waals surface area contributed by atoms with Crippen LogP contribution in [0.15, 0.2) is 12.1 Å². The topological polar surface area (TPSA) is 60.8 Å². The van der Waals surface area contributed by atoms with Crippen molar-refractivity contribution in [1.29, 1.82) is 0 Å². The molecule has 0 saturated carbocycles. The first-order chi connectivity index (χ1) is 9.02. The summed E-state index contributed by atoms with van der Waals surface area (Å²) in [6, 6.07) is 1.65. The molecule has 1 aliphatic heterocycles. The Bertz CT molecular complexity index is 470. The fraction of sp³-hybridized carbons (Fsp3) is 0.462. The molecule has 1 saturated heterocycles. The number of anilines is 1. The fourth-order valence-corrected chi connectivity index (χ4v) is 2.41. The zero-order chi connectivity index (χ0) is 14.0. The molecule has 1 heterocycles. The molecule has 1 aliphatic rings. The molecule has 2 rings (SSSR count). The Kier molecular flexibility index (Phi) is 3.99. The van der Waals surface area contributed by atoms with Gasteiger partial charge in [0.1, 0.15) is 17.3 Å². The number of nitrogens with zero attached hydrogens (tertiary/aromatic N) is 1. The van der Waals surface area contributed by atoms with Crippen molar-refractivity contribution in [3.8, 4) is 0 Å². The van der Waals surface area contributed by atoms with Gasteiger partial charge in [-0.2, -0.15) is 0 Å². The molecule has 0 amide bonds. The smallest absolute Gasteiger partial charge is 0.335 e. The van der Waals surface area contributed by atoms with Gasteiger partial charge in [-0.25, -0.2) is 13.6 Å². The largest absolute Gasteiger partial charge is 0.478 e. The SMILES string of the molecule is O=C(O)c1cc(F)c(N2CCCC(CO)C2)c(F)c1. The number of rotatable bonds is 3. The Hall–Kier alpha value is -1.69. The minimum absolute atomic E-state index is 0.00768. The molecule has 1 unspecified atom stereocenters. The van der Waals surface area contributed by atoms with Gasteiger partial charge < -0.3 is 15.1 Å². The van der Waals surface area contributed by atoms with E-state index in [9.17, 15) is 13.6 Å². The second kappa shape index (κ2) is 5.52. The van der Waals surface area contributed by atoms with Gasteiger partial charge in [-0.15, -0.1) is 0 Å². The van der Waals surface area contributed by atoms with Crippen LogP contribution in [0.5, 0.6) is 0 Å². The summed E-state index contributed by atoms with van der Waals surface area (Å²) in [5, 5.41) is 17.9. The number of piperidine rings is 1. The maximum Gasteiger partial charge on any atom is 0.335 e. The van der Waals surface area contributed by atoms with E-state index in [-0.39, 0.29) is 18.2 Å². The molecule has 4 nitrogen and oxygen atoms in total. The molecule has 1 aromatic rings. The third kappa shape index (κ3) is 2.84. The summed E-state index contributed by atoms with van der Waals surface area (Å²) in [5.41, 5.74) is -0.613. The predicted molar refractivity (Wildman–Crippen MR) is 65.3 cm³/mol. The van der Waals surface area contributed by atoms with E-state index in [4.69, 9.17) is 10.2 Å². The van der Waals surface area contributed by atoms with Crippen molar-refractivity contribution in [2.45, 2.75) is 12.8 Å². The third-order valence-corrected chi connectivity index (χ3v) is 3.36. The molecule has 0 aliphatic carbocycles. The molecule has 1 fully saturated rings. The van der Waals surface area contributed by atoms with E-state index in [2.05, 4.69) is 0 Å². The number of carboxylic acids is 1. The number of carbonyl (C=O) groups is 1. The summed E-state index contributed by atoms with van der Waals surface area (Å²) < 4.78 is 27.8. The van der Waals surface area contributed by atoms with Crippen LogP contribution in [0, 0.1) is 17.6 Å². The van der Waals surface area contributed by atoms with E-state index in [0.717, 1.165) is 25.0 Å². The second-order valence-corrected chi connectivity index (χ2v) is 4.73. The molecule has 19 heavy (non-hydrogen) atoms. The van der Waals surface area contributed by atoms with Gasteiger partial charge in [-0.05, 0) is 30.9 Å². The Morgan fingerprint density at radius 1 is 1.37 bits per heavy atom. The molecule has 2 N–H and O–H groups in total. The van der Waals surface area contributed by atoms with Gasteiger partial charge in [0.15, 0.2) is 0 Å². The van der Waals surface area contributed by atoms with E-state index in [1.807, 2.05) is 0 Å². The second-order valence-electron chi connectivity index (χ2n) is 4.73. The van der Waals surface area contributed by atoms with Crippen LogP contribution in [0.3, 0.4) is 0 Å². The first-order valence-corrected chi connectivity index (χ1v) is 6.11. The van der Waals surface area contributed by atoms with E-state index in [1.165, 1.54) is 4.90 Å². The van der Waals surface area contributed by atoms with Crippen molar-refractivity contribution in [2.24, 2.45) is 5.92 Å². The van der Waals surface area contributed by atoms with Gasteiger partial charge in [0, 0.05) is 19.7 Å². The van der Waals surface area contributed by atoms with Gasteiger partial charge in [-0.3, -0.25) is 0 Å². The molecule has 0 radical (unpaired) electrons. The molecule has 0 aromatic heterocycles. The van der Waals surface area contributed by atoms with Crippen LogP contribution in [0.1, 0.15) is 23.2 Å². The van der Waals surface area contributed by atoms with Crippen LogP contribution in [0.4, 0.5) is 14.5 Å². The van der Waals surface area contributed by atoms with Crippen molar-refractivity contribution in [1.82, 2.24) is 0 Å². The van der Waals surface area contributed by atoms with Gasteiger partial charge in [0.2, 0.25) is 0 Å². The number of benzene rings is 1. The highest BCUT2D eigenvalue weighted by Gasteiger charge is 2.25. The van der Waals surface area contributed by atoms with Gasteiger partial charge in [0.05, 0.1) is 5.56 Å². The quantitative estimate of drug-likeness (QED) is 0.881. The average molecular weight is 271 g/mol. The summed E-state index contributed by atoms with van der Waals surface area (Å²) in [7, 11) is 0. The Balaban J connectivity index is 2.31. The van der Waals surface area contributed by atoms with Crippen molar-refractivity contribution in [2.75, 3.05) is 24.6 Å². The maximum absolute atomic E-state index is 13.9. The fourth-order valence-electron chi connectivity index (χ4n) is 2.41. The first kappa shape index (κ1) is 13.7. The van der Waals surface area contributed by atoms with Crippen LogP contribution in [0.2, 0.25) is 0 Å². The lowest BCUT2D eigenvalue weighted by Crippen LogP contribution is -2.37. The molecule has 0 bridgehead atoms. The number of carboxylic acid groups (broad SMARTS) is 1. The van der Waals surface area contributed by atoms with Crippen molar-refractivity contribution in [3.63, 3.8) is 0 Å². The molecule has 0 spiro atoms. The van der Waals surface area contributed by atoms with Crippen LogP contribution < -0.4 is 4.90 Å². The molecule has 6 heteroatoms. The summed E-state index contributed by atoms with van der Waals surface area (Å²) in [4.78, 5) is 12.2. The summed E-state index contributed by atoms with van der Waals surface area (Å²) >= 11 is 0. The van der Waals surface area contributed by atoms with Gasteiger partial charge >= 0.3 is 5.97 Å². The number of aromatic carboxylic acids is 1. The normalized spacial score (nSPS) is 19.5.